The van der Waals surface area contributed by atoms with Crippen LogP contribution in [0.2, 0.25) is 0 Å². The fourth-order valence-corrected chi connectivity index (χ4v) is 11.6. The van der Waals surface area contributed by atoms with Crippen molar-refractivity contribution in [3.05, 3.63) is 231 Å². The number of carboxylic acids is 1. The Morgan fingerprint density at radius 3 is 1.25 bits per heavy atom. The lowest BCUT2D eigenvalue weighted by molar-refractivity contribution is 0.0605. The smallest absolute Gasteiger partial charge is 0.341 e. The van der Waals surface area contributed by atoms with E-state index >= 15 is 0 Å². The molecule has 18 nitrogen and oxygen atoms in total. The van der Waals surface area contributed by atoms with Gasteiger partial charge in [0.15, 0.2) is 28.8 Å². The molecule has 0 amide bonds. The highest BCUT2D eigenvalue weighted by atomic mass is 16.5. The van der Waals surface area contributed by atoms with E-state index in [-0.39, 0.29) is 28.9 Å². The quantitative estimate of drug-likeness (QED) is 0.0460. The number of carboxylic acid groups (broad SMARTS) is 1. The van der Waals surface area contributed by atoms with Crippen molar-refractivity contribution in [1.82, 2.24) is 19.1 Å². The van der Waals surface area contributed by atoms with Gasteiger partial charge in [0.05, 0.1) is 34.0 Å². The number of nitrogen functional groups attached to an aromatic ring is 3. The number of ether oxygens (including phenoxy) is 6. The van der Waals surface area contributed by atoms with Crippen LogP contribution in [0.15, 0.2) is 192 Å². The number of rotatable bonds is 18. The second kappa shape index (κ2) is 31.2. The molecule has 4 aromatic heterocycles. The van der Waals surface area contributed by atoms with Crippen molar-refractivity contribution in [2.45, 2.75) is 59.0 Å². The Hall–Kier alpha value is -10.8. The highest BCUT2D eigenvalue weighted by Gasteiger charge is 2.23. The highest BCUT2D eigenvalue weighted by Crippen LogP contribution is 2.37. The van der Waals surface area contributed by atoms with Crippen LogP contribution in [0.4, 0.5) is 17.3 Å². The van der Waals surface area contributed by atoms with Gasteiger partial charge in [-0.1, -0.05) is 108 Å². The van der Waals surface area contributed by atoms with Crippen LogP contribution in [-0.4, -0.2) is 90.8 Å². The van der Waals surface area contributed by atoms with Crippen molar-refractivity contribution >= 4 is 29.1 Å². The molecule has 18 heteroatoms. The molecule has 0 bridgehead atoms. The molecule has 0 atom stereocenters. The van der Waals surface area contributed by atoms with Gasteiger partial charge in [-0.05, 0) is 162 Å². The Morgan fingerprint density at radius 1 is 0.463 bits per heavy atom. The van der Waals surface area contributed by atoms with Gasteiger partial charge in [-0.15, -0.1) is 0 Å². The predicted molar refractivity (Wildman–Crippen MR) is 373 cm³/mol. The summed E-state index contributed by atoms with van der Waals surface area (Å²) < 4.78 is 35.6. The lowest BCUT2D eigenvalue weighted by Gasteiger charge is -2.23. The van der Waals surface area contributed by atoms with Gasteiger partial charge in [0, 0.05) is 98.7 Å². The lowest BCUT2D eigenvalue weighted by atomic mass is 9.96. The number of carbonyl (C=O) groups excluding carboxylic acids is 1. The molecule has 12 rings (SSSR count). The van der Waals surface area contributed by atoms with Gasteiger partial charge in [-0.25, -0.2) is 14.8 Å². The average Bonchev–Trinajstić information content (AvgIpc) is 0.845. The number of aryl methyl sites for hydroxylation is 2. The van der Waals surface area contributed by atoms with Crippen LogP contribution >= 0.6 is 0 Å². The number of pyridine rings is 4. The molecule has 2 fully saturated rings. The van der Waals surface area contributed by atoms with Crippen molar-refractivity contribution < 1.29 is 43.1 Å². The molecule has 488 valence electrons. The number of nitrogens with zero attached hydrogens (tertiary/aromatic N) is 4. The molecular weight excluding hydrogens is 1200 g/mol. The highest BCUT2D eigenvalue weighted by molar-refractivity contribution is 5.98. The minimum Gasteiger partial charge on any atom is -0.493 e. The Bertz CT molecular complexity index is 4440. The molecule has 6 aromatic carbocycles. The third kappa shape index (κ3) is 16.7. The molecule has 10 aromatic rings. The summed E-state index contributed by atoms with van der Waals surface area (Å²) in [7, 11) is 6.43. The largest absolute Gasteiger partial charge is 0.493 e. The van der Waals surface area contributed by atoms with E-state index in [0.717, 1.165) is 109 Å². The third-order valence-electron chi connectivity index (χ3n) is 17.2. The summed E-state index contributed by atoms with van der Waals surface area (Å²) >= 11 is 0. The zero-order valence-corrected chi connectivity index (χ0v) is 54.3. The predicted octanol–water partition coefficient (Wildman–Crippen LogP) is 13.5. The Morgan fingerprint density at radius 2 is 0.842 bits per heavy atom. The van der Waals surface area contributed by atoms with E-state index in [4.69, 9.17) is 45.6 Å². The molecule has 2 aliphatic rings. The van der Waals surface area contributed by atoms with E-state index in [2.05, 4.69) is 9.97 Å². The number of methoxy groups -OCH3 is 4. The van der Waals surface area contributed by atoms with E-state index in [1.165, 1.54) is 6.07 Å². The average molecular weight is 1280 g/mol. The molecule has 0 spiro atoms. The second-order valence-electron chi connectivity index (χ2n) is 23.7. The lowest BCUT2D eigenvalue weighted by Crippen LogP contribution is -2.31. The number of benzene rings is 6. The van der Waals surface area contributed by atoms with Crippen molar-refractivity contribution in [2.75, 3.05) is 72.1 Å². The number of aromatic nitrogens is 4. The normalized spacial score (nSPS) is 13.1. The SMILES string of the molecule is COc1ccc(-c2cnc(N)c(-c3ccc(CC(=O)c4cc(-c5ccc(C)cc5)cn(CC5CCOCC5)c4=O)cc3)c2)cc1OC.COc1ccc(-c2cnc(N)c(-c3ccc(N)cc3)c2)cc1OC.Cc1ccc(-c2cc(C(=O)O)c(=O)n(CC3CCOCC3)c2)cc1. The first kappa shape index (κ1) is 67.1. The zero-order valence-electron chi connectivity index (χ0n) is 54.3. The van der Waals surface area contributed by atoms with E-state index in [1.54, 1.807) is 62.2 Å². The maximum absolute atomic E-state index is 13.7. The Balaban J connectivity index is 0.000000172. The van der Waals surface area contributed by atoms with Gasteiger partial charge in [-0.3, -0.25) is 14.4 Å². The van der Waals surface area contributed by atoms with E-state index < -0.39 is 11.5 Å². The maximum Gasteiger partial charge on any atom is 0.341 e. The Labute approximate surface area is 552 Å². The minimum atomic E-state index is -1.19. The minimum absolute atomic E-state index is 0.101. The van der Waals surface area contributed by atoms with E-state index in [1.807, 2.05) is 166 Å². The zero-order chi connectivity index (χ0) is 67.1. The van der Waals surface area contributed by atoms with Crippen LogP contribution in [0.25, 0.3) is 66.8 Å². The molecule has 0 saturated carbocycles. The number of Topliss-reactive ketones (excluding diaryl/α,β-unsaturated/α-hetero) is 1. The van der Waals surface area contributed by atoms with Crippen LogP contribution in [0.1, 0.15) is 63.1 Å². The van der Waals surface area contributed by atoms with Gasteiger partial charge in [0.25, 0.3) is 11.1 Å². The van der Waals surface area contributed by atoms with Crippen LogP contribution < -0.4 is 47.3 Å². The monoisotopic (exact) mass is 1280 g/mol. The molecule has 95 heavy (non-hydrogen) atoms. The fraction of sp³-hybridized carbons (Fsp3) is 0.247. The number of hydrogen-bond acceptors (Lipinski definition) is 15. The van der Waals surface area contributed by atoms with Crippen molar-refractivity contribution in [3.63, 3.8) is 0 Å². The molecule has 2 aliphatic heterocycles. The first-order valence-electron chi connectivity index (χ1n) is 31.5. The number of ketones is 1. The second-order valence-corrected chi connectivity index (χ2v) is 23.7. The number of anilines is 3. The Kier molecular flexibility index (Phi) is 22.0. The number of carbonyl (C=O) groups is 2. The molecule has 2 saturated heterocycles. The molecule has 6 heterocycles. The van der Waals surface area contributed by atoms with Gasteiger partial charge < -0.3 is 59.9 Å². The molecule has 0 unspecified atom stereocenters. The summed E-state index contributed by atoms with van der Waals surface area (Å²) in [6, 6.07) is 49.8. The van der Waals surface area contributed by atoms with Crippen LogP contribution in [0.3, 0.4) is 0 Å². The molecular formula is C77H79N7O11. The van der Waals surface area contributed by atoms with E-state index in [0.29, 0.717) is 91.7 Å². The van der Waals surface area contributed by atoms with E-state index in [9.17, 15) is 24.3 Å². The summed E-state index contributed by atoms with van der Waals surface area (Å²) in [5, 5.41) is 9.38. The maximum atomic E-state index is 13.7. The van der Waals surface area contributed by atoms with Crippen LogP contribution in [0, 0.1) is 25.7 Å². The summed E-state index contributed by atoms with van der Waals surface area (Å²) in [6.07, 6.45) is 10.8. The summed E-state index contributed by atoms with van der Waals surface area (Å²) in [6.45, 7) is 7.92. The van der Waals surface area contributed by atoms with Crippen LogP contribution in [0.5, 0.6) is 23.0 Å². The van der Waals surface area contributed by atoms with Crippen molar-refractivity contribution in [2.24, 2.45) is 11.8 Å². The van der Waals surface area contributed by atoms with Crippen molar-refractivity contribution in [1.29, 1.82) is 0 Å². The number of nitrogens with two attached hydrogens (primary N) is 3. The fourth-order valence-electron chi connectivity index (χ4n) is 11.6. The first-order valence-corrected chi connectivity index (χ1v) is 31.5. The number of hydrogen-bond donors (Lipinski definition) is 4. The number of aromatic carboxylic acids is 1. The summed E-state index contributed by atoms with van der Waals surface area (Å²) in [4.78, 5) is 60.1. The van der Waals surface area contributed by atoms with Crippen molar-refractivity contribution in [3.8, 4) is 89.8 Å². The van der Waals surface area contributed by atoms with Gasteiger partial charge in [0.1, 0.15) is 17.2 Å². The topological polar surface area (TPSA) is 258 Å². The molecule has 0 aliphatic carbocycles. The standard InChI is InChI=1S/C39H39N3O5.C19H19N3O2.C19H21NO4/c1-25-4-8-28(9-5-25)32-20-34(39(44)42(24-32)23-27-14-16-47-17-15-27)35(43)18-26-6-10-29(11-7-26)33-19-31(22-41-38(33)40)30-12-13-36(45-2)37(21-30)46-3;1-23-17-8-5-13(10-18(17)24-2)14-9-16(19(21)22-11-14)12-3-6-15(20)7-4-12;1-13-2-4-15(5-3-13)16-10-17(19(22)23)18(21)20(12-16)11-14-6-8-24-9-7-14/h4-13,19-22,24,27H,14-18,23H2,1-3H3,(H2,40,41);3-11H,20H2,1-2H3,(H2,21,22);2-5,10,12,14H,6-9,11H2,1H3,(H,22,23). The summed E-state index contributed by atoms with van der Waals surface area (Å²) in [5.74, 6) is 2.76. The summed E-state index contributed by atoms with van der Waals surface area (Å²) in [5.41, 5.74) is 31.9. The third-order valence-corrected chi connectivity index (χ3v) is 17.2. The first-order chi connectivity index (χ1) is 46.0. The molecule has 7 N–H and O–H groups in total. The van der Waals surface area contributed by atoms with Gasteiger partial charge in [0.2, 0.25) is 0 Å². The molecule has 0 radical (unpaired) electrons. The van der Waals surface area contributed by atoms with Gasteiger partial charge in [-0.2, -0.15) is 0 Å². The van der Waals surface area contributed by atoms with Crippen LogP contribution in [-0.2, 0) is 29.0 Å². The van der Waals surface area contributed by atoms with Gasteiger partial charge >= 0.3 is 5.97 Å².